The van der Waals surface area contributed by atoms with Gasteiger partial charge in [-0.3, -0.25) is 9.97 Å². The van der Waals surface area contributed by atoms with Crippen molar-refractivity contribution in [3.63, 3.8) is 0 Å². The van der Waals surface area contributed by atoms with Gasteiger partial charge in [0.2, 0.25) is 0 Å². The van der Waals surface area contributed by atoms with Crippen LogP contribution in [0.4, 0.5) is 17.1 Å². The first-order chi connectivity index (χ1) is 20.3. The number of nitrogens with zero attached hydrogens (tertiary/aromatic N) is 3. The summed E-state index contributed by atoms with van der Waals surface area (Å²) in [5.41, 5.74) is 13.2. The van der Waals surface area contributed by atoms with Gasteiger partial charge >= 0.3 is 0 Å². The van der Waals surface area contributed by atoms with Crippen LogP contribution in [0.15, 0.2) is 152 Å². The number of pyridine rings is 2. The van der Waals surface area contributed by atoms with Gasteiger partial charge in [0.1, 0.15) is 0 Å². The Morgan fingerprint density at radius 3 is 1.85 bits per heavy atom. The van der Waals surface area contributed by atoms with E-state index in [1.807, 2.05) is 24.7 Å². The van der Waals surface area contributed by atoms with Gasteiger partial charge in [-0.1, -0.05) is 84.9 Å². The maximum atomic E-state index is 4.28. The molecule has 0 unspecified atom stereocenters. The molecule has 0 bridgehead atoms. The Morgan fingerprint density at radius 2 is 1.07 bits per heavy atom. The molecule has 0 atom stereocenters. The average molecular weight is 524 g/mol. The van der Waals surface area contributed by atoms with Gasteiger partial charge in [0.25, 0.3) is 0 Å². The van der Waals surface area contributed by atoms with Crippen LogP contribution in [0, 0.1) is 0 Å². The molecule has 5 aromatic carbocycles. The van der Waals surface area contributed by atoms with Crippen LogP contribution in [0.1, 0.15) is 0 Å². The molecule has 2 heterocycles. The van der Waals surface area contributed by atoms with Gasteiger partial charge in [0.15, 0.2) is 0 Å². The molecule has 0 N–H and O–H groups in total. The molecule has 3 heteroatoms. The minimum atomic E-state index is 1.06. The van der Waals surface area contributed by atoms with Crippen molar-refractivity contribution in [3.8, 4) is 44.5 Å². The summed E-state index contributed by atoms with van der Waals surface area (Å²) in [6.45, 7) is 0. The first kappa shape index (κ1) is 23.4. The van der Waals surface area contributed by atoms with E-state index in [9.17, 15) is 0 Å². The van der Waals surface area contributed by atoms with Gasteiger partial charge in [0.05, 0.1) is 0 Å². The molecular formula is C38H25N3. The topological polar surface area (TPSA) is 29.0 Å². The molecule has 0 saturated heterocycles. The van der Waals surface area contributed by atoms with Crippen LogP contribution in [0.3, 0.4) is 0 Å². The van der Waals surface area contributed by atoms with Gasteiger partial charge in [-0.2, -0.15) is 0 Å². The van der Waals surface area contributed by atoms with Crippen LogP contribution >= 0.6 is 0 Å². The number of fused-ring (bicyclic) bond motifs is 3. The van der Waals surface area contributed by atoms with Crippen LogP contribution in [-0.4, -0.2) is 9.97 Å². The van der Waals surface area contributed by atoms with Crippen molar-refractivity contribution in [2.45, 2.75) is 0 Å². The molecule has 0 spiro atoms. The third-order valence-electron chi connectivity index (χ3n) is 8.00. The predicted octanol–water partition coefficient (Wildman–Crippen LogP) is 10.1. The molecule has 0 saturated carbocycles. The van der Waals surface area contributed by atoms with Crippen molar-refractivity contribution < 1.29 is 0 Å². The molecule has 3 nitrogen and oxygen atoms in total. The Morgan fingerprint density at radius 1 is 0.390 bits per heavy atom. The second kappa shape index (κ2) is 9.58. The SMILES string of the molecule is c1cncc(-c2ccc(N(c3ccncc3)c3cccc(-c4ccc5c6c(cccc46)-c4ccccc4-5)c3)cc2)c1. The zero-order chi connectivity index (χ0) is 27.2. The summed E-state index contributed by atoms with van der Waals surface area (Å²) in [5, 5.41) is 2.62. The van der Waals surface area contributed by atoms with Crippen LogP contribution in [0.2, 0.25) is 0 Å². The molecule has 0 fully saturated rings. The van der Waals surface area contributed by atoms with Gasteiger partial charge in [-0.15, -0.1) is 0 Å². The molecule has 192 valence electrons. The summed E-state index contributed by atoms with van der Waals surface area (Å²) in [5.74, 6) is 0. The van der Waals surface area contributed by atoms with E-state index in [2.05, 4.69) is 136 Å². The van der Waals surface area contributed by atoms with Crippen molar-refractivity contribution in [1.82, 2.24) is 9.97 Å². The Hall–Kier alpha value is -5.54. The van der Waals surface area contributed by atoms with E-state index in [-0.39, 0.29) is 0 Å². The van der Waals surface area contributed by atoms with E-state index in [1.165, 1.54) is 44.2 Å². The normalized spacial score (nSPS) is 11.4. The summed E-state index contributed by atoms with van der Waals surface area (Å²) >= 11 is 0. The monoisotopic (exact) mass is 523 g/mol. The standard InChI is InChI=1S/C38H25N3/c1-2-10-34-33(9-1)36-12-4-11-35-32(17-18-37(34)38(35)36)27-6-3-8-31(24-27)41(30-19-22-39-23-20-30)29-15-13-26(14-16-29)28-7-5-21-40-25-28/h1-25H. The van der Waals surface area contributed by atoms with Gasteiger partial charge < -0.3 is 4.90 Å². The van der Waals surface area contributed by atoms with Crippen molar-refractivity contribution in [3.05, 3.63) is 152 Å². The zero-order valence-corrected chi connectivity index (χ0v) is 22.3. The third kappa shape index (κ3) is 3.90. The molecule has 0 radical (unpaired) electrons. The summed E-state index contributed by atoms with van der Waals surface area (Å²) in [7, 11) is 0. The Kier molecular flexibility index (Phi) is 5.46. The molecule has 0 aliphatic heterocycles. The maximum absolute atomic E-state index is 4.28. The second-order valence-electron chi connectivity index (χ2n) is 10.3. The van der Waals surface area contributed by atoms with Crippen molar-refractivity contribution in [1.29, 1.82) is 0 Å². The lowest BCUT2D eigenvalue weighted by molar-refractivity contribution is 1.24. The number of benzene rings is 5. The largest absolute Gasteiger partial charge is 0.310 e. The number of anilines is 3. The lowest BCUT2D eigenvalue weighted by Crippen LogP contribution is -2.10. The van der Waals surface area contributed by atoms with E-state index in [0.29, 0.717) is 0 Å². The fraction of sp³-hybridized carbons (Fsp3) is 0. The van der Waals surface area contributed by atoms with E-state index >= 15 is 0 Å². The van der Waals surface area contributed by atoms with E-state index in [4.69, 9.17) is 0 Å². The minimum Gasteiger partial charge on any atom is -0.310 e. The lowest BCUT2D eigenvalue weighted by atomic mass is 9.94. The van der Waals surface area contributed by atoms with Crippen molar-refractivity contribution >= 4 is 27.8 Å². The van der Waals surface area contributed by atoms with E-state index in [1.54, 1.807) is 6.20 Å². The van der Waals surface area contributed by atoms with Gasteiger partial charge in [-0.05, 0) is 97.7 Å². The highest BCUT2D eigenvalue weighted by Gasteiger charge is 2.22. The van der Waals surface area contributed by atoms with Crippen molar-refractivity contribution in [2.24, 2.45) is 0 Å². The van der Waals surface area contributed by atoms with Crippen LogP contribution in [0.5, 0.6) is 0 Å². The number of hydrogen-bond acceptors (Lipinski definition) is 3. The Bertz CT molecular complexity index is 2000. The fourth-order valence-corrected chi connectivity index (χ4v) is 6.15. The third-order valence-corrected chi connectivity index (χ3v) is 8.00. The van der Waals surface area contributed by atoms with Gasteiger partial charge in [-0.25, -0.2) is 0 Å². The quantitative estimate of drug-likeness (QED) is 0.225. The van der Waals surface area contributed by atoms with Crippen molar-refractivity contribution in [2.75, 3.05) is 4.90 Å². The smallest absolute Gasteiger partial charge is 0.0492 e. The van der Waals surface area contributed by atoms with Crippen LogP contribution in [0.25, 0.3) is 55.3 Å². The summed E-state index contributed by atoms with van der Waals surface area (Å²) in [6.07, 6.45) is 7.39. The maximum Gasteiger partial charge on any atom is 0.0492 e. The van der Waals surface area contributed by atoms with E-state index < -0.39 is 0 Å². The highest BCUT2D eigenvalue weighted by atomic mass is 15.1. The summed E-state index contributed by atoms with van der Waals surface area (Å²) in [6, 6.07) is 45.6. The average Bonchev–Trinajstić information content (AvgIpc) is 3.38. The fourth-order valence-electron chi connectivity index (χ4n) is 6.15. The molecule has 8 rings (SSSR count). The van der Waals surface area contributed by atoms with Crippen LogP contribution < -0.4 is 4.90 Å². The molecule has 1 aliphatic carbocycles. The number of aromatic nitrogens is 2. The number of rotatable bonds is 5. The molecule has 0 amide bonds. The molecule has 1 aliphatic rings. The van der Waals surface area contributed by atoms with Crippen LogP contribution in [-0.2, 0) is 0 Å². The minimum absolute atomic E-state index is 1.06. The summed E-state index contributed by atoms with van der Waals surface area (Å²) < 4.78 is 0. The molecule has 7 aromatic rings. The Labute approximate surface area is 239 Å². The predicted molar refractivity (Wildman–Crippen MR) is 170 cm³/mol. The second-order valence-corrected chi connectivity index (χ2v) is 10.3. The molecule has 41 heavy (non-hydrogen) atoms. The zero-order valence-electron chi connectivity index (χ0n) is 22.3. The lowest BCUT2D eigenvalue weighted by Gasteiger charge is -2.26. The molecular weight excluding hydrogens is 498 g/mol. The summed E-state index contributed by atoms with van der Waals surface area (Å²) in [4.78, 5) is 10.8. The van der Waals surface area contributed by atoms with Gasteiger partial charge in [0, 0.05) is 41.8 Å². The Balaban J connectivity index is 1.25. The highest BCUT2D eigenvalue weighted by Crippen LogP contribution is 2.49. The first-order valence-corrected chi connectivity index (χ1v) is 13.8. The highest BCUT2D eigenvalue weighted by molar-refractivity contribution is 6.18. The number of hydrogen-bond donors (Lipinski definition) is 0. The first-order valence-electron chi connectivity index (χ1n) is 13.8. The molecule has 2 aromatic heterocycles. The van der Waals surface area contributed by atoms with E-state index in [0.717, 1.165) is 28.2 Å².